The minimum atomic E-state index is 0.0572. The Bertz CT molecular complexity index is 485. The first kappa shape index (κ1) is 14.3. The van der Waals surface area contributed by atoms with Crippen molar-refractivity contribution in [1.29, 1.82) is 0 Å². The molecular weight excluding hydrogens is 268 g/mol. The van der Waals surface area contributed by atoms with E-state index in [1.165, 1.54) is 0 Å². The lowest BCUT2D eigenvalue weighted by Gasteiger charge is -2.36. The molecule has 0 aromatic carbocycles. The number of aryl methyl sites for hydroxylation is 1. The van der Waals surface area contributed by atoms with Gasteiger partial charge in [0.1, 0.15) is 0 Å². The average molecular weight is 290 g/mol. The quantitative estimate of drug-likeness (QED) is 0.808. The van der Waals surface area contributed by atoms with Gasteiger partial charge < -0.3 is 14.5 Å². The monoisotopic (exact) mass is 290 g/mol. The number of rotatable bonds is 2. The molecule has 2 fully saturated rings. The Hall–Kier alpha value is -1.69. The van der Waals surface area contributed by atoms with E-state index < -0.39 is 0 Å². The maximum Gasteiger partial charge on any atom is 0.227 e. The van der Waals surface area contributed by atoms with Crippen LogP contribution in [0.1, 0.15) is 18.4 Å². The van der Waals surface area contributed by atoms with Gasteiger partial charge in [0.05, 0.1) is 19.1 Å². The van der Waals surface area contributed by atoms with E-state index >= 15 is 0 Å². The molecule has 2 aliphatic rings. The maximum absolute atomic E-state index is 12.6. The number of hydrogen-bond donors (Lipinski definition) is 0. The van der Waals surface area contributed by atoms with Gasteiger partial charge in [-0.2, -0.15) is 0 Å². The van der Waals surface area contributed by atoms with Crippen LogP contribution in [0.5, 0.6) is 0 Å². The summed E-state index contributed by atoms with van der Waals surface area (Å²) in [5.74, 6) is 1.05. The summed E-state index contributed by atoms with van der Waals surface area (Å²) in [7, 11) is 0. The lowest BCUT2D eigenvalue weighted by Crippen LogP contribution is -2.48. The van der Waals surface area contributed by atoms with Gasteiger partial charge in [-0.3, -0.25) is 4.79 Å². The van der Waals surface area contributed by atoms with Crippen LogP contribution >= 0.6 is 0 Å². The molecule has 0 radical (unpaired) electrons. The highest BCUT2D eigenvalue weighted by Gasteiger charge is 2.30. The van der Waals surface area contributed by atoms with Crippen molar-refractivity contribution >= 4 is 11.9 Å². The molecule has 6 heteroatoms. The molecule has 2 saturated heterocycles. The minimum absolute atomic E-state index is 0.0572. The van der Waals surface area contributed by atoms with E-state index in [0.717, 1.165) is 50.5 Å². The zero-order chi connectivity index (χ0) is 14.7. The summed E-state index contributed by atoms with van der Waals surface area (Å²) in [5, 5.41) is 0. The van der Waals surface area contributed by atoms with E-state index in [-0.39, 0.29) is 11.8 Å². The van der Waals surface area contributed by atoms with Crippen LogP contribution in [-0.4, -0.2) is 60.2 Å². The molecule has 0 aliphatic carbocycles. The molecule has 3 rings (SSSR count). The topological polar surface area (TPSA) is 58.6 Å². The van der Waals surface area contributed by atoms with Crippen molar-refractivity contribution in [1.82, 2.24) is 14.9 Å². The summed E-state index contributed by atoms with van der Waals surface area (Å²) < 4.78 is 5.31. The molecule has 3 heterocycles. The minimum Gasteiger partial charge on any atom is -0.378 e. The van der Waals surface area contributed by atoms with Crippen LogP contribution in [0.15, 0.2) is 12.4 Å². The number of hydrogen-bond acceptors (Lipinski definition) is 5. The second kappa shape index (κ2) is 6.39. The van der Waals surface area contributed by atoms with Crippen LogP contribution < -0.4 is 4.90 Å². The highest BCUT2D eigenvalue weighted by molar-refractivity contribution is 5.79. The number of amides is 1. The summed E-state index contributed by atoms with van der Waals surface area (Å²) in [6.45, 7) is 6.37. The van der Waals surface area contributed by atoms with Gasteiger partial charge in [-0.25, -0.2) is 9.97 Å². The number of nitrogens with zero attached hydrogens (tertiary/aromatic N) is 4. The lowest BCUT2D eigenvalue weighted by atomic mass is 9.96. The first-order valence-corrected chi connectivity index (χ1v) is 7.64. The molecular formula is C15H22N4O2. The third kappa shape index (κ3) is 3.32. The van der Waals surface area contributed by atoms with Crippen LogP contribution in [0.3, 0.4) is 0 Å². The predicted octanol–water partition coefficient (Wildman–Crippen LogP) is 0.860. The summed E-state index contributed by atoms with van der Waals surface area (Å²) in [6, 6.07) is 0. The number of aromatic nitrogens is 2. The summed E-state index contributed by atoms with van der Waals surface area (Å²) >= 11 is 0. The van der Waals surface area contributed by atoms with E-state index in [2.05, 4.69) is 14.9 Å². The van der Waals surface area contributed by atoms with Crippen molar-refractivity contribution in [2.75, 3.05) is 44.3 Å². The molecule has 0 bridgehead atoms. The zero-order valence-electron chi connectivity index (χ0n) is 12.5. The largest absolute Gasteiger partial charge is 0.378 e. The van der Waals surface area contributed by atoms with Crippen molar-refractivity contribution < 1.29 is 9.53 Å². The summed E-state index contributed by atoms with van der Waals surface area (Å²) in [6.07, 6.45) is 5.63. The Labute approximate surface area is 125 Å². The van der Waals surface area contributed by atoms with Gasteiger partial charge >= 0.3 is 0 Å². The maximum atomic E-state index is 12.6. The Kier molecular flexibility index (Phi) is 4.34. The highest BCUT2D eigenvalue weighted by Crippen LogP contribution is 2.22. The molecule has 1 aromatic heterocycles. The van der Waals surface area contributed by atoms with Gasteiger partial charge in [-0.1, -0.05) is 0 Å². The van der Waals surface area contributed by atoms with Gasteiger partial charge in [-0.05, 0) is 25.3 Å². The first-order valence-electron chi connectivity index (χ1n) is 7.64. The van der Waals surface area contributed by atoms with Crippen LogP contribution in [0, 0.1) is 12.8 Å². The van der Waals surface area contributed by atoms with Gasteiger partial charge in [0, 0.05) is 38.6 Å². The first-order chi connectivity index (χ1) is 10.2. The van der Waals surface area contributed by atoms with Crippen molar-refractivity contribution in [2.45, 2.75) is 19.8 Å². The van der Waals surface area contributed by atoms with E-state index in [4.69, 9.17) is 4.74 Å². The fourth-order valence-electron chi connectivity index (χ4n) is 2.95. The standard InChI is InChI=1S/C15H22N4O2/c1-12-9-16-15(17-10-12)19-4-2-3-13(11-19)14(20)18-5-7-21-8-6-18/h9-10,13H,2-8,11H2,1H3. The van der Waals surface area contributed by atoms with E-state index in [0.29, 0.717) is 13.2 Å². The number of anilines is 1. The fourth-order valence-corrected chi connectivity index (χ4v) is 2.95. The van der Waals surface area contributed by atoms with Crippen molar-refractivity contribution in [2.24, 2.45) is 5.92 Å². The molecule has 1 amide bonds. The molecule has 0 N–H and O–H groups in total. The SMILES string of the molecule is Cc1cnc(N2CCCC(C(=O)N3CCOCC3)C2)nc1. The number of piperidine rings is 1. The van der Waals surface area contributed by atoms with Gasteiger partial charge in [0.2, 0.25) is 11.9 Å². The van der Waals surface area contributed by atoms with E-state index in [9.17, 15) is 4.79 Å². The number of morpholine rings is 1. The van der Waals surface area contributed by atoms with Crippen LogP contribution in [0.2, 0.25) is 0 Å². The molecule has 1 unspecified atom stereocenters. The third-order valence-electron chi connectivity index (χ3n) is 4.14. The van der Waals surface area contributed by atoms with Crippen LogP contribution in [0.4, 0.5) is 5.95 Å². The highest BCUT2D eigenvalue weighted by atomic mass is 16.5. The van der Waals surface area contributed by atoms with Gasteiger partial charge in [0.15, 0.2) is 0 Å². The fraction of sp³-hybridized carbons (Fsp3) is 0.667. The molecule has 2 aliphatic heterocycles. The molecule has 21 heavy (non-hydrogen) atoms. The number of ether oxygens (including phenoxy) is 1. The Morgan fingerprint density at radius 3 is 2.67 bits per heavy atom. The lowest BCUT2D eigenvalue weighted by molar-refractivity contribution is -0.139. The van der Waals surface area contributed by atoms with Crippen LogP contribution in [0.25, 0.3) is 0 Å². The summed E-state index contributed by atoms with van der Waals surface area (Å²) in [5.41, 5.74) is 1.05. The van der Waals surface area contributed by atoms with Gasteiger partial charge in [-0.15, -0.1) is 0 Å². The second-order valence-electron chi connectivity index (χ2n) is 5.78. The second-order valence-corrected chi connectivity index (χ2v) is 5.78. The number of carbonyl (C=O) groups is 1. The molecule has 6 nitrogen and oxygen atoms in total. The molecule has 0 saturated carbocycles. The third-order valence-corrected chi connectivity index (χ3v) is 4.14. The Morgan fingerprint density at radius 2 is 1.95 bits per heavy atom. The van der Waals surface area contributed by atoms with Crippen molar-refractivity contribution in [3.05, 3.63) is 18.0 Å². The molecule has 1 atom stereocenters. The smallest absolute Gasteiger partial charge is 0.227 e. The number of carbonyl (C=O) groups excluding carboxylic acids is 1. The molecule has 0 spiro atoms. The molecule has 1 aromatic rings. The average Bonchev–Trinajstić information content (AvgIpc) is 2.56. The van der Waals surface area contributed by atoms with E-state index in [1.54, 1.807) is 0 Å². The van der Waals surface area contributed by atoms with Crippen molar-refractivity contribution in [3.8, 4) is 0 Å². The summed E-state index contributed by atoms with van der Waals surface area (Å²) in [4.78, 5) is 25.4. The van der Waals surface area contributed by atoms with Crippen molar-refractivity contribution in [3.63, 3.8) is 0 Å². The van der Waals surface area contributed by atoms with Gasteiger partial charge in [0.25, 0.3) is 0 Å². The predicted molar refractivity (Wildman–Crippen MR) is 79.1 cm³/mol. The Balaban J connectivity index is 1.64. The molecule has 114 valence electrons. The Morgan fingerprint density at radius 1 is 1.24 bits per heavy atom. The normalized spacial score (nSPS) is 23.2. The van der Waals surface area contributed by atoms with Crippen LogP contribution in [-0.2, 0) is 9.53 Å². The van der Waals surface area contributed by atoms with E-state index in [1.807, 2.05) is 24.2 Å². The zero-order valence-corrected chi connectivity index (χ0v) is 12.5.